The number of hydrogen-bond acceptors (Lipinski definition) is 0. The van der Waals surface area contributed by atoms with Gasteiger partial charge in [0.25, 0.3) is 0 Å². The Balaban J connectivity index is 0. The summed E-state index contributed by atoms with van der Waals surface area (Å²) in [6, 6.07) is 0. The van der Waals surface area contributed by atoms with Crippen LogP contribution < -0.4 is 0 Å². The van der Waals surface area contributed by atoms with E-state index in [-0.39, 0.29) is 69.1 Å². The van der Waals surface area contributed by atoms with Crippen LogP contribution in [0.15, 0.2) is 0 Å². The van der Waals surface area contributed by atoms with Gasteiger partial charge in [0.15, 0.2) is 0 Å². The number of halogens is 4. The van der Waals surface area contributed by atoms with E-state index in [0.29, 0.717) is 0 Å². The van der Waals surface area contributed by atoms with Crippen molar-refractivity contribution < 1.29 is 19.5 Å². The van der Waals surface area contributed by atoms with Crippen molar-refractivity contribution in [3.63, 3.8) is 0 Å². The molecule has 0 aliphatic rings. The van der Waals surface area contributed by atoms with Gasteiger partial charge in [-0.2, -0.15) is 0 Å². The van der Waals surface area contributed by atoms with Gasteiger partial charge in [-0.05, 0) is 0 Å². The van der Waals surface area contributed by atoms with Crippen molar-refractivity contribution in [1.82, 2.24) is 0 Å². The van der Waals surface area contributed by atoms with Crippen LogP contribution in [0.3, 0.4) is 0 Å². The zero-order chi connectivity index (χ0) is 0. The maximum atomic E-state index is 0. The SMILES string of the molecule is Cl.Cl.Cl.Cl.[Zn]. The average Bonchev–Trinajstić information content (AvgIpc) is 0. The van der Waals surface area contributed by atoms with Crippen molar-refractivity contribution in [2.75, 3.05) is 0 Å². The molecule has 0 bridgehead atoms. The van der Waals surface area contributed by atoms with Crippen molar-refractivity contribution in [2.24, 2.45) is 0 Å². The molecule has 0 spiro atoms. The second-order valence-electron chi connectivity index (χ2n) is 0. The number of hydrogen-bond donors (Lipinski definition) is 0. The first-order chi connectivity index (χ1) is 0. The Morgan fingerprint density at radius 2 is 0.400 bits per heavy atom. The Morgan fingerprint density at radius 3 is 0.400 bits per heavy atom. The summed E-state index contributed by atoms with van der Waals surface area (Å²) in [6.45, 7) is 0. The third kappa shape index (κ3) is 26.0. The van der Waals surface area contributed by atoms with Gasteiger partial charge in [0.1, 0.15) is 0 Å². The van der Waals surface area contributed by atoms with Crippen LogP contribution in [0, 0.1) is 0 Å². The molecule has 0 aromatic heterocycles. The molecule has 0 aliphatic heterocycles. The van der Waals surface area contributed by atoms with Crippen LogP contribution in [-0.4, -0.2) is 0 Å². The molecule has 0 radical (unpaired) electrons. The average molecular weight is 211 g/mol. The molecule has 0 N–H and O–H groups in total. The molecule has 0 rings (SSSR count). The van der Waals surface area contributed by atoms with Gasteiger partial charge in [0, 0.05) is 19.5 Å². The van der Waals surface area contributed by atoms with Crippen LogP contribution in [0.1, 0.15) is 0 Å². The Bertz CT molecular complexity index is 3.61. The van der Waals surface area contributed by atoms with Crippen LogP contribution >= 0.6 is 49.6 Å². The fraction of sp³-hybridized carbons (Fsp3) is 0. The van der Waals surface area contributed by atoms with E-state index in [1.54, 1.807) is 0 Å². The summed E-state index contributed by atoms with van der Waals surface area (Å²) in [6.07, 6.45) is 0. The monoisotopic (exact) mass is 208 g/mol. The van der Waals surface area contributed by atoms with Crippen LogP contribution in [0.2, 0.25) is 0 Å². The second kappa shape index (κ2) is 41.6. The van der Waals surface area contributed by atoms with E-state index in [4.69, 9.17) is 0 Å². The molecule has 0 amide bonds. The molecular weight excluding hydrogens is 207 g/mol. The van der Waals surface area contributed by atoms with Crippen LogP contribution in [0.4, 0.5) is 0 Å². The van der Waals surface area contributed by atoms with Gasteiger partial charge in [-0.3, -0.25) is 0 Å². The third-order valence-corrected chi connectivity index (χ3v) is 0. The van der Waals surface area contributed by atoms with Gasteiger partial charge in [-0.1, -0.05) is 0 Å². The zero-order valence-corrected chi connectivity index (χ0v) is 8.57. The summed E-state index contributed by atoms with van der Waals surface area (Å²) in [4.78, 5) is 0. The van der Waals surface area contributed by atoms with Crippen molar-refractivity contribution in [2.45, 2.75) is 0 Å². The van der Waals surface area contributed by atoms with Gasteiger partial charge in [0.05, 0.1) is 0 Å². The minimum atomic E-state index is 0. The Kier molecular flexibility index (Phi) is 594. The molecule has 0 nitrogen and oxygen atoms in total. The Morgan fingerprint density at radius 1 is 0.400 bits per heavy atom. The summed E-state index contributed by atoms with van der Waals surface area (Å²) in [5, 5.41) is 0. The first kappa shape index (κ1) is 71.3. The smallest absolute Gasteiger partial charge is 0 e. The molecule has 0 heterocycles. The van der Waals surface area contributed by atoms with E-state index in [1.165, 1.54) is 0 Å². The summed E-state index contributed by atoms with van der Waals surface area (Å²) in [5.74, 6) is 0. The molecule has 0 fully saturated rings. The van der Waals surface area contributed by atoms with Gasteiger partial charge in [0.2, 0.25) is 0 Å². The summed E-state index contributed by atoms with van der Waals surface area (Å²) >= 11 is 0. The Labute approximate surface area is 68.9 Å². The topological polar surface area (TPSA) is 0 Å². The maximum absolute atomic E-state index is 0. The first-order valence-electron chi connectivity index (χ1n) is 0. The van der Waals surface area contributed by atoms with E-state index >= 15 is 0 Å². The van der Waals surface area contributed by atoms with E-state index in [0.717, 1.165) is 0 Å². The van der Waals surface area contributed by atoms with Gasteiger partial charge in [-0.25, -0.2) is 0 Å². The fourth-order valence-electron chi connectivity index (χ4n) is 0. The van der Waals surface area contributed by atoms with Crippen molar-refractivity contribution in [3.8, 4) is 0 Å². The predicted molar refractivity (Wildman–Crippen MR) is 29.0 cm³/mol. The predicted octanol–water partition coefficient (Wildman–Crippen LogP) is 1.68. The normalized spacial score (nSPS) is 0. The van der Waals surface area contributed by atoms with Crippen molar-refractivity contribution in [3.05, 3.63) is 0 Å². The molecule has 0 saturated heterocycles. The quantitative estimate of drug-likeness (QED) is 0.535. The van der Waals surface area contributed by atoms with E-state index in [2.05, 4.69) is 0 Å². The second-order valence-corrected chi connectivity index (χ2v) is 0. The minimum absolute atomic E-state index is 0. The summed E-state index contributed by atoms with van der Waals surface area (Å²) < 4.78 is 0. The molecule has 5 heteroatoms. The van der Waals surface area contributed by atoms with Gasteiger partial charge >= 0.3 is 0 Å². The molecule has 5 heavy (non-hydrogen) atoms. The first-order valence-corrected chi connectivity index (χ1v) is 0. The van der Waals surface area contributed by atoms with Crippen LogP contribution in [-0.2, 0) is 19.5 Å². The molecule has 0 aromatic carbocycles. The van der Waals surface area contributed by atoms with Crippen LogP contribution in [0.5, 0.6) is 0 Å². The number of rotatable bonds is 0. The largest absolute Gasteiger partial charge is 0.147 e. The molecule has 0 unspecified atom stereocenters. The van der Waals surface area contributed by atoms with Crippen LogP contribution in [0.25, 0.3) is 0 Å². The van der Waals surface area contributed by atoms with E-state index in [9.17, 15) is 0 Å². The molecule has 34 valence electrons. The van der Waals surface area contributed by atoms with Gasteiger partial charge < -0.3 is 0 Å². The van der Waals surface area contributed by atoms with Crippen molar-refractivity contribution >= 4 is 49.6 Å². The Hall–Kier alpha value is 1.78. The minimum Gasteiger partial charge on any atom is -0.147 e. The van der Waals surface area contributed by atoms with Gasteiger partial charge in [-0.15, -0.1) is 49.6 Å². The molecule has 0 aromatic rings. The van der Waals surface area contributed by atoms with Crippen molar-refractivity contribution in [1.29, 1.82) is 0 Å². The summed E-state index contributed by atoms with van der Waals surface area (Å²) in [5.41, 5.74) is 0. The zero-order valence-electron chi connectivity index (χ0n) is 2.34. The van der Waals surface area contributed by atoms with E-state index < -0.39 is 0 Å². The van der Waals surface area contributed by atoms with E-state index in [1.807, 2.05) is 0 Å². The molecular formula is H4Cl4Zn. The fourth-order valence-corrected chi connectivity index (χ4v) is 0. The summed E-state index contributed by atoms with van der Waals surface area (Å²) in [7, 11) is 0. The standard InChI is InChI=1S/4ClH.Zn/h4*1H;. The maximum Gasteiger partial charge on any atom is 0 e. The third-order valence-electron chi connectivity index (χ3n) is 0. The molecule has 0 aliphatic carbocycles. The molecule has 0 atom stereocenters. The molecule has 0 saturated carbocycles.